The number of aromatic amines is 3. The van der Waals surface area contributed by atoms with Crippen LogP contribution in [0, 0.1) is 0 Å². The van der Waals surface area contributed by atoms with Crippen LogP contribution in [0.1, 0.15) is 0 Å². The molecule has 10 nitrogen and oxygen atoms in total. The molecule has 4 N–H and O–H groups in total. The van der Waals surface area contributed by atoms with Crippen molar-refractivity contribution < 1.29 is 0 Å². The maximum Gasteiger partial charge on any atom is 0.158 e. The van der Waals surface area contributed by atoms with E-state index in [9.17, 15) is 0 Å². The molecule has 31 heavy (non-hydrogen) atoms. The van der Waals surface area contributed by atoms with Crippen LogP contribution < -0.4 is 10.2 Å². The molecular weight excluding hydrogens is 392 g/mol. The van der Waals surface area contributed by atoms with Gasteiger partial charge < -0.3 is 25.1 Å². The number of nitrogens with one attached hydrogen (secondary N) is 4. The normalized spacial score (nSPS) is 11.6. The molecule has 0 saturated heterocycles. The van der Waals surface area contributed by atoms with Crippen LogP contribution in [0.15, 0.2) is 43.0 Å². The van der Waals surface area contributed by atoms with Gasteiger partial charge in [-0.2, -0.15) is 5.10 Å². The van der Waals surface area contributed by atoms with Gasteiger partial charge >= 0.3 is 0 Å². The molecule has 0 aliphatic rings. The summed E-state index contributed by atoms with van der Waals surface area (Å²) in [5.41, 5.74) is 5.33. The van der Waals surface area contributed by atoms with E-state index >= 15 is 0 Å². The first kappa shape index (κ1) is 19.1. The van der Waals surface area contributed by atoms with Crippen molar-refractivity contribution in [2.24, 2.45) is 0 Å². The lowest BCUT2D eigenvalue weighted by atomic mass is 10.2. The smallest absolute Gasteiger partial charge is 0.158 e. The van der Waals surface area contributed by atoms with Gasteiger partial charge in [0.2, 0.25) is 0 Å². The molecule has 0 atom stereocenters. The number of hydrogen-bond acceptors (Lipinski definition) is 7. The maximum absolute atomic E-state index is 4.75. The van der Waals surface area contributed by atoms with E-state index in [0.717, 1.165) is 52.2 Å². The molecule has 4 aromatic heterocycles. The number of hydrogen-bond donors (Lipinski definition) is 4. The molecule has 0 aliphatic carbocycles. The van der Waals surface area contributed by atoms with Crippen LogP contribution in [0.2, 0.25) is 0 Å². The first-order valence-electron chi connectivity index (χ1n) is 10.0. The molecule has 158 valence electrons. The third-order valence-electron chi connectivity index (χ3n) is 5.27. The van der Waals surface area contributed by atoms with Gasteiger partial charge in [-0.05, 0) is 38.4 Å². The first-order chi connectivity index (χ1) is 15.1. The second kappa shape index (κ2) is 7.73. The van der Waals surface area contributed by atoms with Crippen molar-refractivity contribution in [3.05, 3.63) is 43.0 Å². The minimum absolute atomic E-state index is 0.704. The standard InChI is InChI=1S/C21H24N10/c1-30(2)8-9-31(3)13-4-5-15-16(10-13)27-21(26-15)18-17(11-25-29-18)28-20-14-6-7-22-19(14)23-12-24-20/h4-7,10-12H,8-9H2,1-3H3,(H,25,29)(H,26,27)(H2,22,23,24,28). The van der Waals surface area contributed by atoms with Gasteiger partial charge in [0.05, 0.1) is 28.3 Å². The highest BCUT2D eigenvalue weighted by Crippen LogP contribution is 2.30. The summed E-state index contributed by atoms with van der Waals surface area (Å²) in [6.07, 6.45) is 5.09. The predicted octanol–water partition coefficient (Wildman–Crippen LogP) is 2.97. The van der Waals surface area contributed by atoms with Crippen LogP contribution in [0.5, 0.6) is 0 Å². The first-order valence-corrected chi connectivity index (χ1v) is 10.0. The predicted molar refractivity (Wildman–Crippen MR) is 123 cm³/mol. The average molecular weight is 416 g/mol. The summed E-state index contributed by atoms with van der Waals surface area (Å²) in [7, 11) is 6.26. The van der Waals surface area contributed by atoms with Crippen LogP contribution >= 0.6 is 0 Å². The fourth-order valence-corrected chi connectivity index (χ4v) is 3.49. The lowest BCUT2D eigenvalue weighted by Crippen LogP contribution is -2.28. The molecule has 0 radical (unpaired) electrons. The Morgan fingerprint density at radius 1 is 1.06 bits per heavy atom. The average Bonchev–Trinajstić information content (AvgIpc) is 3.50. The largest absolute Gasteiger partial charge is 0.373 e. The second-order valence-corrected chi connectivity index (χ2v) is 7.76. The van der Waals surface area contributed by atoms with Crippen LogP contribution in [0.25, 0.3) is 33.6 Å². The molecule has 1 aromatic carbocycles. The van der Waals surface area contributed by atoms with Gasteiger partial charge in [0.25, 0.3) is 0 Å². The zero-order chi connectivity index (χ0) is 21.4. The lowest BCUT2D eigenvalue weighted by Gasteiger charge is -2.21. The van der Waals surface area contributed by atoms with Crippen LogP contribution in [0.3, 0.4) is 0 Å². The number of rotatable bonds is 7. The number of benzene rings is 1. The van der Waals surface area contributed by atoms with Gasteiger partial charge in [-0.3, -0.25) is 5.10 Å². The summed E-state index contributed by atoms with van der Waals surface area (Å²) in [4.78, 5) is 24.3. The molecule has 5 aromatic rings. The quantitative estimate of drug-likeness (QED) is 0.322. The fraction of sp³-hybridized carbons (Fsp3) is 0.238. The van der Waals surface area contributed by atoms with Crippen LogP contribution in [0.4, 0.5) is 17.2 Å². The summed E-state index contributed by atoms with van der Waals surface area (Å²) >= 11 is 0. The fourth-order valence-electron chi connectivity index (χ4n) is 3.49. The van der Waals surface area contributed by atoms with E-state index in [1.807, 2.05) is 18.3 Å². The number of fused-ring (bicyclic) bond motifs is 2. The number of anilines is 3. The van der Waals surface area contributed by atoms with Gasteiger partial charge in [-0.15, -0.1) is 0 Å². The Morgan fingerprint density at radius 2 is 1.97 bits per heavy atom. The van der Waals surface area contributed by atoms with E-state index in [-0.39, 0.29) is 0 Å². The van der Waals surface area contributed by atoms with Crippen molar-refractivity contribution in [3.8, 4) is 11.5 Å². The minimum atomic E-state index is 0.704. The Balaban J connectivity index is 1.44. The van der Waals surface area contributed by atoms with Crippen molar-refractivity contribution in [3.63, 3.8) is 0 Å². The van der Waals surface area contributed by atoms with Gasteiger partial charge in [0.1, 0.15) is 23.5 Å². The summed E-state index contributed by atoms with van der Waals surface area (Å²) in [6.45, 7) is 1.93. The molecule has 0 aliphatic heterocycles. The Bertz CT molecular complexity index is 1330. The Kier molecular flexibility index (Phi) is 4.75. The molecular formula is C21H24N10. The molecule has 0 spiro atoms. The number of nitrogens with zero attached hydrogens (tertiary/aromatic N) is 6. The molecule has 0 amide bonds. The van der Waals surface area contributed by atoms with Crippen LogP contribution in [-0.2, 0) is 0 Å². The Morgan fingerprint density at radius 3 is 2.84 bits per heavy atom. The minimum Gasteiger partial charge on any atom is -0.373 e. The highest BCUT2D eigenvalue weighted by molar-refractivity contribution is 5.91. The van der Waals surface area contributed by atoms with Gasteiger partial charge in [0, 0.05) is 32.0 Å². The van der Waals surface area contributed by atoms with E-state index in [4.69, 9.17) is 4.98 Å². The summed E-state index contributed by atoms with van der Waals surface area (Å²) in [6, 6.07) is 8.19. The zero-order valence-electron chi connectivity index (χ0n) is 17.6. The SMILES string of the molecule is CN(C)CCN(C)c1ccc2nc(-c3[nH]ncc3Nc3ncnc4[nH]ccc34)[nH]c2c1. The Labute approximate surface area is 178 Å². The Hall–Kier alpha value is -3.92. The third kappa shape index (κ3) is 3.68. The topological polar surface area (TPSA) is 117 Å². The second-order valence-electron chi connectivity index (χ2n) is 7.76. The number of imidazole rings is 1. The molecule has 0 unspecified atom stereocenters. The number of aromatic nitrogens is 7. The van der Waals surface area contributed by atoms with Gasteiger partial charge in [-0.1, -0.05) is 0 Å². The van der Waals surface area contributed by atoms with E-state index in [2.05, 4.69) is 78.5 Å². The maximum atomic E-state index is 4.75. The molecule has 0 fully saturated rings. The highest BCUT2D eigenvalue weighted by atomic mass is 15.2. The molecule has 10 heteroatoms. The van der Waals surface area contributed by atoms with E-state index in [0.29, 0.717) is 11.6 Å². The number of H-pyrrole nitrogens is 3. The summed E-state index contributed by atoms with van der Waals surface area (Å²) in [5, 5.41) is 11.5. The lowest BCUT2D eigenvalue weighted by molar-refractivity contribution is 0.416. The van der Waals surface area contributed by atoms with Gasteiger partial charge in [0.15, 0.2) is 5.82 Å². The van der Waals surface area contributed by atoms with Crippen molar-refractivity contribution >= 4 is 39.3 Å². The zero-order valence-corrected chi connectivity index (χ0v) is 17.6. The number of likely N-dealkylation sites (N-methyl/N-ethyl adjacent to an activating group) is 2. The van der Waals surface area contributed by atoms with E-state index in [1.165, 1.54) is 6.33 Å². The van der Waals surface area contributed by atoms with Crippen molar-refractivity contribution in [1.82, 2.24) is 40.0 Å². The van der Waals surface area contributed by atoms with Crippen molar-refractivity contribution in [2.45, 2.75) is 0 Å². The van der Waals surface area contributed by atoms with E-state index < -0.39 is 0 Å². The van der Waals surface area contributed by atoms with Crippen molar-refractivity contribution in [2.75, 3.05) is 44.4 Å². The summed E-state index contributed by atoms with van der Waals surface area (Å²) in [5.74, 6) is 1.41. The third-order valence-corrected chi connectivity index (χ3v) is 5.27. The highest BCUT2D eigenvalue weighted by Gasteiger charge is 2.15. The molecule has 0 bridgehead atoms. The monoisotopic (exact) mass is 416 g/mol. The summed E-state index contributed by atoms with van der Waals surface area (Å²) < 4.78 is 0. The molecule has 5 rings (SSSR count). The van der Waals surface area contributed by atoms with E-state index in [1.54, 1.807) is 6.20 Å². The molecule has 4 heterocycles. The van der Waals surface area contributed by atoms with Crippen LogP contribution in [-0.4, -0.2) is 74.2 Å². The van der Waals surface area contributed by atoms with Crippen molar-refractivity contribution in [1.29, 1.82) is 0 Å². The van der Waals surface area contributed by atoms with Gasteiger partial charge in [-0.25, -0.2) is 15.0 Å². The molecule has 0 saturated carbocycles.